The average molecular weight is 335 g/mol. The molecule has 0 spiro atoms. The molecule has 0 bridgehead atoms. The quantitative estimate of drug-likeness (QED) is 0.856. The van der Waals surface area contributed by atoms with Crippen molar-refractivity contribution in [2.24, 2.45) is 0 Å². The van der Waals surface area contributed by atoms with Gasteiger partial charge in [0.05, 0.1) is 6.54 Å². The van der Waals surface area contributed by atoms with E-state index in [9.17, 15) is 4.79 Å². The number of anilines is 3. The molecule has 2 aromatic carbocycles. The van der Waals surface area contributed by atoms with Gasteiger partial charge in [-0.3, -0.25) is 4.79 Å². The summed E-state index contributed by atoms with van der Waals surface area (Å²) < 4.78 is 0. The predicted molar refractivity (Wildman–Crippen MR) is 103 cm³/mol. The van der Waals surface area contributed by atoms with E-state index in [1.54, 1.807) is 0 Å². The molecule has 4 heteroatoms. The van der Waals surface area contributed by atoms with Crippen molar-refractivity contribution in [2.75, 3.05) is 28.6 Å². The summed E-state index contributed by atoms with van der Waals surface area (Å²) in [6, 6.07) is 14.6. The molecule has 2 aliphatic rings. The van der Waals surface area contributed by atoms with E-state index < -0.39 is 0 Å². The van der Waals surface area contributed by atoms with Crippen LogP contribution >= 0.6 is 0 Å². The number of aryl methyl sites for hydroxylation is 1. The largest absolute Gasteiger partial charge is 0.398 e. The number of benzene rings is 2. The number of rotatable bonds is 2. The van der Waals surface area contributed by atoms with Gasteiger partial charge in [0.2, 0.25) is 5.91 Å². The molecule has 4 nitrogen and oxygen atoms in total. The number of hydrogen-bond acceptors (Lipinski definition) is 3. The van der Waals surface area contributed by atoms with E-state index in [1.807, 2.05) is 23.1 Å². The Kier molecular flexibility index (Phi) is 4.12. The second-order valence-corrected chi connectivity index (χ2v) is 7.15. The number of nitrogens with two attached hydrogens (primary N) is 1. The van der Waals surface area contributed by atoms with Gasteiger partial charge in [0, 0.05) is 29.6 Å². The van der Waals surface area contributed by atoms with E-state index >= 15 is 0 Å². The lowest BCUT2D eigenvalue weighted by atomic mass is 9.96. The van der Waals surface area contributed by atoms with Gasteiger partial charge >= 0.3 is 0 Å². The molecule has 2 heterocycles. The minimum absolute atomic E-state index is 0.176. The van der Waals surface area contributed by atoms with Crippen LogP contribution < -0.4 is 15.5 Å². The van der Waals surface area contributed by atoms with Crippen molar-refractivity contribution < 1.29 is 4.79 Å². The highest BCUT2D eigenvalue weighted by Gasteiger charge is 2.30. The van der Waals surface area contributed by atoms with Crippen LogP contribution in [0, 0.1) is 0 Å². The lowest BCUT2D eigenvalue weighted by Gasteiger charge is -2.38. The van der Waals surface area contributed by atoms with E-state index in [0.29, 0.717) is 6.54 Å². The highest BCUT2D eigenvalue weighted by atomic mass is 16.2. The Balaban J connectivity index is 1.61. The van der Waals surface area contributed by atoms with Crippen LogP contribution in [0.25, 0.3) is 0 Å². The standard InChI is InChI=1S/C21H25N3O/c1-15-11-12-16-6-2-3-9-19(16)24(15)21(25)14-23-13-5-7-17-18(22)8-4-10-20(17)23/h2-4,6,8-10,15H,5,7,11-14,22H2,1H3. The van der Waals surface area contributed by atoms with Gasteiger partial charge in [-0.2, -0.15) is 0 Å². The monoisotopic (exact) mass is 335 g/mol. The molecule has 4 rings (SSSR count). The molecule has 1 amide bonds. The van der Waals surface area contributed by atoms with Gasteiger partial charge in [-0.15, -0.1) is 0 Å². The van der Waals surface area contributed by atoms with E-state index in [-0.39, 0.29) is 11.9 Å². The molecule has 0 saturated carbocycles. The number of fused-ring (bicyclic) bond motifs is 2. The first-order chi connectivity index (χ1) is 12.1. The summed E-state index contributed by atoms with van der Waals surface area (Å²) >= 11 is 0. The molecule has 130 valence electrons. The van der Waals surface area contributed by atoms with Gasteiger partial charge in [0.25, 0.3) is 0 Å². The molecular formula is C21H25N3O. The number of carbonyl (C=O) groups excluding carboxylic acids is 1. The van der Waals surface area contributed by atoms with Crippen molar-refractivity contribution in [3.8, 4) is 0 Å². The zero-order chi connectivity index (χ0) is 17.4. The van der Waals surface area contributed by atoms with E-state index in [1.165, 1.54) is 11.1 Å². The second-order valence-electron chi connectivity index (χ2n) is 7.15. The summed E-state index contributed by atoms with van der Waals surface area (Å²) in [6.07, 6.45) is 4.10. The molecule has 1 unspecified atom stereocenters. The third-order valence-corrected chi connectivity index (χ3v) is 5.50. The van der Waals surface area contributed by atoms with E-state index in [0.717, 1.165) is 49.3 Å². The van der Waals surface area contributed by atoms with Gasteiger partial charge in [0.15, 0.2) is 0 Å². The van der Waals surface area contributed by atoms with E-state index in [4.69, 9.17) is 5.73 Å². The summed E-state index contributed by atoms with van der Waals surface area (Å²) in [5.41, 5.74) is 11.6. The first kappa shape index (κ1) is 16.0. The maximum atomic E-state index is 13.2. The fraction of sp³-hybridized carbons (Fsp3) is 0.381. The normalized spacial score (nSPS) is 19.3. The Labute approximate surface area is 149 Å². The van der Waals surface area contributed by atoms with Crippen LogP contribution in [-0.2, 0) is 17.6 Å². The van der Waals surface area contributed by atoms with Crippen molar-refractivity contribution in [1.29, 1.82) is 0 Å². The SMILES string of the molecule is CC1CCc2ccccc2N1C(=O)CN1CCCc2c(N)cccc21. The number of nitrogen functional groups attached to an aromatic ring is 1. The third kappa shape index (κ3) is 2.86. The third-order valence-electron chi connectivity index (χ3n) is 5.50. The molecule has 1 atom stereocenters. The van der Waals surface area contributed by atoms with Crippen LogP contribution in [0.1, 0.15) is 30.9 Å². The van der Waals surface area contributed by atoms with Crippen LogP contribution in [0.3, 0.4) is 0 Å². The number of amides is 1. The van der Waals surface area contributed by atoms with Crippen LogP contribution in [0.5, 0.6) is 0 Å². The summed E-state index contributed by atoms with van der Waals surface area (Å²) in [5, 5.41) is 0. The topological polar surface area (TPSA) is 49.6 Å². The Bertz CT molecular complexity index is 801. The van der Waals surface area contributed by atoms with E-state index in [2.05, 4.69) is 36.1 Å². The first-order valence-corrected chi connectivity index (χ1v) is 9.17. The zero-order valence-corrected chi connectivity index (χ0v) is 14.7. The van der Waals surface area contributed by atoms with Crippen molar-refractivity contribution >= 4 is 23.0 Å². The molecule has 2 aliphatic heterocycles. The molecule has 0 fully saturated rings. The number of para-hydroxylation sites is 1. The lowest BCUT2D eigenvalue weighted by molar-refractivity contribution is -0.117. The Hall–Kier alpha value is -2.49. The Morgan fingerprint density at radius 3 is 2.80 bits per heavy atom. The molecule has 0 radical (unpaired) electrons. The number of hydrogen-bond donors (Lipinski definition) is 1. The zero-order valence-electron chi connectivity index (χ0n) is 14.7. The van der Waals surface area contributed by atoms with Gasteiger partial charge in [-0.05, 0) is 61.9 Å². The molecule has 2 aromatic rings. The minimum Gasteiger partial charge on any atom is -0.398 e. The van der Waals surface area contributed by atoms with Crippen molar-refractivity contribution in [2.45, 2.75) is 38.6 Å². The highest BCUT2D eigenvalue weighted by Crippen LogP contribution is 2.33. The van der Waals surface area contributed by atoms with Gasteiger partial charge < -0.3 is 15.5 Å². The van der Waals surface area contributed by atoms with Crippen LogP contribution in [0.4, 0.5) is 17.1 Å². The average Bonchev–Trinajstić information content (AvgIpc) is 2.62. The first-order valence-electron chi connectivity index (χ1n) is 9.17. The number of carbonyl (C=O) groups is 1. The predicted octanol–water partition coefficient (Wildman–Crippen LogP) is 3.39. The molecule has 0 saturated heterocycles. The lowest BCUT2D eigenvalue weighted by Crippen LogP contribution is -2.48. The second kappa shape index (κ2) is 6.43. The van der Waals surface area contributed by atoms with Crippen molar-refractivity contribution in [1.82, 2.24) is 0 Å². The molecular weight excluding hydrogens is 310 g/mol. The van der Waals surface area contributed by atoms with Crippen LogP contribution in [0.15, 0.2) is 42.5 Å². The summed E-state index contributed by atoms with van der Waals surface area (Å²) in [7, 11) is 0. The molecule has 25 heavy (non-hydrogen) atoms. The summed E-state index contributed by atoms with van der Waals surface area (Å²) in [5.74, 6) is 0.176. The molecule has 2 N–H and O–H groups in total. The van der Waals surface area contributed by atoms with Gasteiger partial charge in [-0.1, -0.05) is 24.3 Å². The van der Waals surface area contributed by atoms with Crippen molar-refractivity contribution in [3.05, 3.63) is 53.6 Å². The Morgan fingerprint density at radius 1 is 1.12 bits per heavy atom. The fourth-order valence-corrected chi connectivity index (χ4v) is 4.20. The Morgan fingerprint density at radius 2 is 1.92 bits per heavy atom. The summed E-state index contributed by atoms with van der Waals surface area (Å²) in [4.78, 5) is 17.4. The molecule has 0 aromatic heterocycles. The molecule has 0 aliphatic carbocycles. The van der Waals surface area contributed by atoms with Crippen molar-refractivity contribution in [3.63, 3.8) is 0 Å². The fourth-order valence-electron chi connectivity index (χ4n) is 4.20. The maximum absolute atomic E-state index is 13.2. The van der Waals surface area contributed by atoms with Gasteiger partial charge in [0.1, 0.15) is 0 Å². The smallest absolute Gasteiger partial charge is 0.246 e. The van der Waals surface area contributed by atoms with Crippen LogP contribution in [-0.4, -0.2) is 25.0 Å². The highest BCUT2D eigenvalue weighted by molar-refractivity contribution is 5.98. The van der Waals surface area contributed by atoms with Crippen LogP contribution in [0.2, 0.25) is 0 Å². The minimum atomic E-state index is 0.176. The summed E-state index contributed by atoms with van der Waals surface area (Å²) in [6.45, 7) is 3.47. The maximum Gasteiger partial charge on any atom is 0.246 e. The number of nitrogens with zero attached hydrogens (tertiary/aromatic N) is 2. The van der Waals surface area contributed by atoms with Gasteiger partial charge in [-0.25, -0.2) is 0 Å².